The van der Waals surface area contributed by atoms with Gasteiger partial charge < -0.3 is 4.42 Å². The zero-order valence-electron chi connectivity index (χ0n) is 7.15. The number of hydrogen-bond acceptors (Lipinski definition) is 5. The summed E-state index contributed by atoms with van der Waals surface area (Å²) in [5, 5.41) is 8.17. The van der Waals surface area contributed by atoms with Crippen molar-refractivity contribution in [2.75, 3.05) is 0 Å². The first kappa shape index (κ1) is 10.6. The topological polar surface area (TPSA) is 51.8 Å². The smallest absolute Gasteiger partial charge is 0.314 e. The van der Waals surface area contributed by atoms with E-state index >= 15 is 0 Å². The molecule has 8 heteroatoms. The third-order valence-electron chi connectivity index (χ3n) is 1.51. The van der Waals surface area contributed by atoms with Gasteiger partial charge >= 0.3 is 6.43 Å². The van der Waals surface area contributed by atoms with Crippen molar-refractivity contribution in [3.63, 3.8) is 0 Å². The van der Waals surface area contributed by atoms with Crippen molar-refractivity contribution in [3.8, 4) is 10.8 Å². The Labute approximate surface area is 95.5 Å². The van der Waals surface area contributed by atoms with E-state index in [-0.39, 0.29) is 5.89 Å². The zero-order chi connectivity index (χ0) is 10.8. The molecule has 0 spiro atoms. The molecule has 0 unspecified atom stereocenters. The van der Waals surface area contributed by atoms with E-state index in [0.29, 0.717) is 10.2 Å². The molecule has 80 valence electrons. The van der Waals surface area contributed by atoms with E-state index in [0.717, 1.165) is 5.01 Å². The van der Waals surface area contributed by atoms with Crippen LogP contribution in [0.15, 0.2) is 10.6 Å². The summed E-state index contributed by atoms with van der Waals surface area (Å²) in [6.07, 6.45) is -1.22. The van der Waals surface area contributed by atoms with E-state index in [4.69, 9.17) is 4.42 Å². The first-order valence-electron chi connectivity index (χ1n) is 3.83. The van der Waals surface area contributed by atoms with Crippen LogP contribution in [-0.4, -0.2) is 15.2 Å². The molecule has 2 rings (SSSR count). The van der Waals surface area contributed by atoms with Gasteiger partial charge in [0.2, 0.25) is 0 Å². The summed E-state index contributed by atoms with van der Waals surface area (Å²) < 4.78 is 29.1. The van der Waals surface area contributed by atoms with Gasteiger partial charge in [-0.2, -0.15) is 8.78 Å². The maximum Gasteiger partial charge on any atom is 0.314 e. The molecular formula is C7H4BrF2N3OS. The van der Waals surface area contributed by atoms with Crippen molar-refractivity contribution in [3.05, 3.63) is 17.1 Å². The van der Waals surface area contributed by atoms with E-state index in [1.807, 2.05) is 0 Å². The van der Waals surface area contributed by atoms with Crippen LogP contribution in [0, 0.1) is 0 Å². The molecule has 0 bridgehead atoms. The summed E-state index contributed by atoms with van der Waals surface area (Å²) in [5.41, 5.74) is 0. The number of rotatable bonds is 3. The average Bonchev–Trinajstić information content (AvgIpc) is 2.86. The van der Waals surface area contributed by atoms with E-state index < -0.39 is 12.3 Å². The highest BCUT2D eigenvalue weighted by Gasteiger charge is 2.18. The Hall–Kier alpha value is -0.890. The Kier molecular flexibility index (Phi) is 3.06. The molecule has 0 aliphatic heterocycles. The second-order valence-electron chi connectivity index (χ2n) is 2.50. The van der Waals surface area contributed by atoms with Gasteiger partial charge in [-0.25, -0.2) is 4.98 Å². The van der Waals surface area contributed by atoms with E-state index in [2.05, 4.69) is 31.1 Å². The number of halogens is 3. The van der Waals surface area contributed by atoms with Gasteiger partial charge in [-0.05, 0) is 0 Å². The minimum atomic E-state index is -2.74. The zero-order valence-corrected chi connectivity index (χ0v) is 9.56. The van der Waals surface area contributed by atoms with Gasteiger partial charge in [0.05, 0.1) is 11.5 Å². The monoisotopic (exact) mass is 295 g/mol. The normalized spacial score (nSPS) is 11.2. The van der Waals surface area contributed by atoms with Crippen molar-refractivity contribution in [1.29, 1.82) is 0 Å². The van der Waals surface area contributed by atoms with Gasteiger partial charge in [0.15, 0.2) is 0 Å². The minimum absolute atomic E-state index is 0.0787. The van der Waals surface area contributed by atoms with Crippen LogP contribution in [0.1, 0.15) is 17.3 Å². The quantitative estimate of drug-likeness (QED) is 0.817. The first-order chi connectivity index (χ1) is 7.20. The van der Waals surface area contributed by atoms with Gasteiger partial charge in [-0.3, -0.25) is 0 Å². The van der Waals surface area contributed by atoms with E-state index in [1.54, 1.807) is 0 Å². The molecule has 0 N–H and O–H groups in total. The Morgan fingerprint density at radius 1 is 1.47 bits per heavy atom. The van der Waals surface area contributed by atoms with Gasteiger partial charge in [-0.15, -0.1) is 21.5 Å². The van der Waals surface area contributed by atoms with Crippen LogP contribution in [-0.2, 0) is 5.33 Å². The summed E-state index contributed by atoms with van der Waals surface area (Å²) in [4.78, 5) is 4.61. The third-order valence-corrected chi connectivity index (χ3v) is 3.39. The molecular weight excluding hydrogens is 292 g/mol. The molecule has 2 heterocycles. The Bertz CT molecular complexity index is 459. The summed E-state index contributed by atoms with van der Waals surface area (Å²) in [6.45, 7) is 0. The molecule has 0 fully saturated rings. The molecule has 2 aromatic rings. The molecule has 0 aliphatic carbocycles. The maximum absolute atomic E-state index is 12.2. The third kappa shape index (κ3) is 2.20. The van der Waals surface area contributed by atoms with Gasteiger partial charge in [0.25, 0.3) is 11.8 Å². The number of thiazole rings is 1. The van der Waals surface area contributed by atoms with Crippen LogP contribution in [0.3, 0.4) is 0 Å². The van der Waals surface area contributed by atoms with Crippen molar-refractivity contribution < 1.29 is 13.2 Å². The lowest BCUT2D eigenvalue weighted by molar-refractivity contribution is 0.116. The molecule has 0 amide bonds. The first-order valence-corrected chi connectivity index (χ1v) is 5.77. The fourth-order valence-corrected chi connectivity index (χ4v) is 2.07. The molecule has 0 saturated heterocycles. The molecule has 0 saturated carbocycles. The molecule has 0 radical (unpaired) electrons. The van der Waals surface area contributed by atoms with Crippen molar-refractivity contribution in [1.82, 2.24) is 15.2 Å². The predicted octanol–water partition coefficient (Wildman–Crippen LogP) is 3.03. The summed E-state index contributed by atoms with van der Waals surface area (Å²) in [7, 11) is 0. The standard InChI is InChI=1S/C7H4BrF2N3OS/c8-1-4-11-2-3(15-4)6-12-13-7(14-6)5(9)10/h2,5H,1H2. The van der Waals surface area contributed by atoms with Gasteiger partial charge in [0, 0.05) is 0 Å². The number of aromatic nitrogens is 3. The molecule has 0 aliphatic rings. The lowest BCUT2D eigenvalue weighted by Crippen LogP contribution is -1.81. The van der Waals surface area contributed by atoms with Crippen LogP contribution >= 0.6 is 27.3 Å². The second kappa shape index (κ2) is 4.31. The molecule has 4 nitrogen and oxygen atoms in total. The van der Waals surface area contributed by atoms with Crippen LogP contribution in [0.25, 0.3) is 10.8 Å². The lowest BCUT2D eigenvalue weighted by Gasteiger charge is -1.87. The number of nitrogens with zero attached hydrogens (tertiary/aromatic N) is 3. The Morgan fingerprint density at radius 3 is 2.80 bits per heavy atom. The summed E-state index contributed by atoms with van der Waals surface area (Å²) in [6, 6.07) is 0. The Morgan fingerprint density at radius 2 is 2.27 bits per heavy atom. The minimum Gasteiger partial charge on any atom is -0.414 e. The van der Waals surface area contributed by atoms with Gasteiger partial charge in [-0.1, -0.05) is 15.9 Å². The molecule has 0 aromatic carbocycles. The fraction of sp³-hybridized carbons (Fsp3) is 0.286. The lowest BCUT2D eigenvalue weighted by atomic mass is 10.5. The van der Waals surface area contributed by atoms with Crippen LogP contribution in [0.4, 0.5) is 8.78 Å². The fourth-order valence-electron chi connectivity index (χ4n) is 0.893. The predicted molar refractivity (Wildman–Crippen MR) is 53.0 cm³/mol. The number of hydrogen-bond donors (Lipinski definition) is 0. The average molecular weight is 296 g/mol. The van der Waals surface area contributed by atoms with Crippen molar-refractivity contribution in [2.45, 2.75) is 11.8 Å². The SMILES string of the molecule is FC(F)c1nnc(-c2cnc(CBr)s2)o1. The highest BCUT2D eigenvalue weighted by Crippen LogP contribution is 2.28. The number of alkyl halides is 3. The van der Waals surface area contributed by atoms with Gasteiger partial charge in [0.1, 0.15) is 9.88 Å². The Balaban J connectivity index is 2.28. The van der Waals surface area contributed by atoms with Crippen molar-refractivity contribution >= 4 is 27.3 Å². The van der Waals surface area contributed by atoms with E-state index in [9.17, 15) is 8.78 Å². The second-order valence-corrected chi connectivity index (χ2v) is 4.17. The van der Waals surface area contributed by atoms with Crippen LogP contribution in [0.2, 0.25) is 0 Å². The van der Waals surface area contributed by atoms with E-state index in [1.165, 1.54) is 17.5 Å². The largest absolute Gasteiger partial charge is 0.414 e. The highest BCUT2D eigenvalue weighted by atomic mass is 79.9. The maximum atomic E-state index is 12.2. The van der Waals surface area contributed by atoms with Crippen molar-refractivity contribution in [2.24, 2.45) is 0 Å². The molecule has 15 heavy (non-hydrogen) atoms. The van der Waals surface area contributed by atoms with Crippen LogP contribution in [0.5, 0.6) is 0 Å². The highest BCUT2D eigenvalue weighted by molar-refractivity contribution is 9.08. The summed E-state index contributed by atoms with van der Waals surface area (Å²) >= 11 is 4.54. The molecule has 0 atom stereocenters. The van der Waals surface area contributed by atoms with Crippen LogP contribution < -0.4 is 0 Å². The molecule has 2 aromatic heterocycles. The summed E-state index contributed by atoms with van der Waals surface area (Å²) in [5.74, 6) is -0.589.